The average Bonchev–Trinajstić information content (AvgIpc) is 2.72. The van der Waals surface area contributed by atoms with E-state index >= 15 is 0 Å². The SMILES string of the molecule is CCN(CC)C1(C(CN)CO)CCCC1. The summed E-state index contributed by atoms with van der Waals surface area (Å²) < 4.78 is 0. The Balaban J connectivity index is 2.85. The molecule has 0 aromatic carbocycles. The molecule has 1 atom stereocenters. The summed E-state index contributed by atoms with van der Waals surface area (Å²) in [5.41, 5.74) is 6.00. The van der Waals surface area contributed by atoms with Crippen LogP contribution >= 0.6 is 0 Å². The van der Waals surface area contributed by atoms with Crippen molar-refractivity contribution in [1.29, 1.82) is 0 Å². The lowest BCUT2D eigenvalue weighted by atomic mass is 9.80. The first-order valence-corrected chi connectivity index (χ1v) is 6.31. The molecule has 15 heavy (non-hydrogen) atoms. The number of hydrogen-bond acceptors (Lipinski definition) is 3. The van der Waals surface area contributed by atoms with Crippen LogP contribution in [0.2, 0.25) is 0 Å². The predicted molar refractivity (Wildman–Crippen MR) is 63.8 cm³/mol. The molecule has 3 N–H and O–H groups in total. The molecule has 3 heteroatoms. The smallest absolute Gasteiger partial charge is 0.0489 e. The Morgan fingerprint density at radius 3 is 2.13 bits per heavy atom. The summed E-state index contributed by atoms with van der Waals surface area (Å²) in [6.07, 6.45) is 4.98. The van der Waals surface area contributed by atoms with Crippen molar-refractivity contribution < 1.29 is 5.11 Å². The molecule has 0 heterocycles. The standard InChI is InChI=1S/C12H26N2O/c1-3-14(4-2)12(7-5-6-8-12)11(9-13)10-15/h11,15H,3-10,13H2,1-2H3. The number of nitrogens with two attached hydrogens (primary N) is 1. The second-order valence-corrected chi connectivity index (χ2v) is 4.60. The summed E-state index contributed by atoms with van der Waals surface area (Å²) in [6.45, 7) is 7.36. The lowest BCUT2D eigenvalue weighted by molar-refractivity contribution is 0.0197. The van der Waals surface area contributed by atoms with Gasteiger partial charge in [0.15, 0.2) is 0 Å². The van der Waals surface area contributed by atoms with Crippen LogP contribution < -0.4 is 5.73 Å². The van der Waals surface area contributed by atoms with Crippen LogP contribution in [0.25, 0.3) is 0 Å². The zero-order chi connectivity index (χ0) is 11.3. The zero-order valence-electron chi connectivity index (χ0n) is 10.2. The van der Waals surface area contributed by atoms with Gasteiger partial charge in [-0.1, -0.05) is 26.7 Å². The summed E-state index contributed by atoms with van der Waals surface area (Å²) in [5.74, 6) is 0.250. The van der Waals surface area contributed by atoms with Crippen LogP contribution in [0.5, 0.6) is 0 Å². The lowest BCUT2D eigenvalue weighted by Crippen LogP contribution is -2.55. The molecule has 1 aliphatic carbocycles. The maximum absolute atomic E-state index is 9.48. The highest BCUT2D eigenvalue weighted by Crippen LogP contribution is 2.40. The Labute approximate surface area is 93.6 Å². The van der Waals surface area contributed by atoms with Crippen LogP contribution in [0.3, 0.4) is 0 Å². The van der Waals surface area contributed by atoms with Crippen LogP contribution in [0.1, 0.15) is 39.5 Å². The van der Waals surface area contributed by atoms with Crippen molar-refractivity contribution in [1.82, 2.24) is 4.90 Å². The quantitative estimate of drug-likeness (QED) is 0.698. The van der Waals surface area contributed by atoms with Crippen molar-refractivity contribution in [2.45, 2.75) is 45.1 Å². The first-order valence-electron chi connectivity index (χ1n) is 6.31. The van der Waals surface area contributed by atoms with Crippen LogP contribution in [-0.4, -0.2) is 41.8 Å². The van der Waals surface area contributed by atoms with Gasteiger partial charge < -0.3 is 10.8 Å². The number of rotatable bonds is 6. The highest BCUT2D eigenvalue weighted by Gasteiger charge is 2.43. The van der Waals surface area contributed by atoms with E-state index < -0.39 is 0 Å². The molecule has 0 saturated heterocycles. The van der Waals surface area contributed by atoms with Crippen LogP contribution in [0.15, 0.2) is 0 Å². The van der Waals surface area contributed by atoms with Crippen LogP contribution in [0.4, 0.5) is 0 Å². The summed E-state index contributed by atoms with van der Waals surface area (Å²) in [7, 11) is 0. The fraction of sp³-hybridized carbons (Fsp3) is 1.00. The van der Waals surface area contributed by atoms with Gasteiger partial charge in [0.25, 0.3) is 0 Å². The molecule has 0 spiro atoms. The Hall–Kier alpha value is -0.120. The molecule has 0 aromatic rings. The van der Waals surface area contributed by atoms with Gasteiger partial charge in [-0.2, -0.15) is 0 Å². The second-order valence-electron chi connectivity index (χ2n) is 4.60. The molecule has 1 saturated carbocycles. The van der Waals surface area contributed by atoms with E-state index in [9.17, 15) is 5.11 Å². The Morgan fingerprint density at radius 2 is 1.80 bits per heavy atom. The van der Waals surface area contributed by atoms with Crippen molar-refractivity contribution in [2.24, 2.45) is 11.7 Å². The average molecular weight is 214 g/mol. The Morgan fingerprint density at radius 1 is 1.27 bits per heavy atom. The molecular formula is C12H26N2O. The summed E-state index contributed by atoms with van der Waals surface area (Å²) in [4.78, 5) is 2.51. The Bertz CT molecular complexity index is 156. The van der Waals surface area contributed by atoms with Crippen molar-refractivity contribution in [3.63, 3.8) is 0 Å². The summed E-state index contributed by atoms with van der Waals surface area (Å²) in [5, 5.41) is 9.48. The predicted octanol–water partition coefficient (Wildman–Crippen LogP) is 1.21. The van der Waals surface area contributed by atoms with Crippen molar-refractivity contribution >= 4 is 0 Å². The molecule has 1 aliphatic rings. The van der Waals surface area contributed by atoms with Gasteiger partial charge in [0.2, 0.25) is 0 Å². The van der Waals surface area contributed by atoms with Gasteiger partial charge in [0.05, 0.1) is 0 Å². The third kappa shape index (κ3) is 2.35. The number of aliphatic hydroxyl groups excluding tert-OH is 1. The van der Waals surface area contributed by atoms with E-state index in [1.165, 1.54) is 25.7 Å². The molecule has 0 radical (unpaired) electrons. The van der Waals surface area contributed by atoms with Gasteiger partial charge in [-0.15, -0.1) is 0 Å². The lowest BCUT2D eigenvalue weighted by Gasteiger charge is -2.45. The molecule has 1 fully saturated rings. The Kier molecular flexibility index (Phi) is 5.03. The maximum Gasteiger partial charge on any atom is 0.0489 e. The minimum atomic E-state index is 0.188. The van der Waals surface area contributed by atoms with Gasteiger partial charge in [-0.05, 0) is 32.5 Å². The molecule has 1 unspecified atom stereocenters. The number of aliphatic hydroxyl groups is 1. The topological polar surface area (TPSA) is 49.5 Å². The van der Waals surface area contributed by atoms with Gasteiger partial charge >= 0.3 is 0 Å². The van der Waals surface area contributed by atoms with Crippen LogP contribution in [0, 0.1) is 5.92 Å². The molecule has 90 valence electrons. The fourth-order valence-corrected chi connectivity index (χ4v) is 3.29. The third-order valence-electron chi connectivity index (χ3n) is 4.13. The fourth-order valence-electron chi connectivity index (χ4n) is 3.29. The normalized spacial score (nSPS) is 22.2. The molecule has 1 rings (SSSR count). The third-order valence-corrected chi connectivity index (χ3v) is 4.13. The number of hydrogen-bond donors (Lipinski definition) is 2. The largest absolute Gasteiger partial charge is 0.396 e. The summed E-state index contributed by atoms with van der Waals surface area (Å²) in [6, 6.07) is 0. The molecule has 3 nitrogen and oxygen atoms in total. The first-order chi connectivity index (χ1) is 7.25. The van der Waals surface area contributed by atoms with Crippen LogP contribution in [-0.2, 0) is 0 Å². The van der Waals surface area contributed by atoms with Gasteiger partial charge in [-0.25, -0.2) is 0 Å². The summed E-state index contributed by atoms with van der Waals surface area (Å²) >= 11 is 0. The van der Waals surface area contributed by atoms with E-state index in [0.29, 0.717) is 6.54 Å². The molecule has 0 amide bonds. The minimum absolute atomic E-state index is 0.188. The van der Waals surface area contributed by atoms with Crippen molar-refractivity contribution in [3.8, 4) is 0 Å². The van der Waals surface area contributed by atoms with Crippen molar-refractivity contribution in [3.05, 3.63) is 0 Å². The molecule has 0 aliphatic heterocycles. The van der Waals surface area contributed by atoms with E-state index in [0.717, 1.165) is 13.1 Å². The first kappa shape index (κ1) is 12.9. The maximum atomic E-state index is 9.48. The molecular weight excluding hydrogens is 188 g/mol. The van der Waals surface area contributed by atoms with Gasteiger partial charge in [-0.3, -0.25) is 4.90 Å². The highest BCUT2D eigenvalue weighted by molar-refractivity contribution is 4.99. The van der Waals surface area contributed by atoms with Gasteiger partial charge in [0.1, 0.15) is 0 Å². The highest BCUT2D eigenvalue weighted by atomic mass is 16.3. The van der Waals surface area contributed by atoms with E-state index in [4.69, 9.17) is 5.73 Å². The van der Waals surface area contributed by atoms with E-state index in [-0.39, 0.29) is 18.1 Å². The number of nitrogens with zero attached hydrogens (tertiary/aromatic N) is 1. The minimum Gasteiger partial charge on any atom is -0.396 e. The van der Waals surface area contributed by atoms with E-state index in [1.807, 2.05) is 0 Å². The second kappa shape index (κ2) is 5.83. The monoisotopic (exact) mass is 214 g/mol. The molecule has 0 aromatic heterocycles. The van der Waals surface area contributed by atoms with E-state index in [2.05, 4.69) is 18.7 Å². The molecule has 0 bridgehead atoms. The zero-order valence-corrected chi connectivity index (χ0v) is 10.2. The van der Waals surface area contributed by atoms with Gasteiger partial charge in [0, 0.05) is 18.1 Å². The van der Waals surface area contributed by atoms with Crippen molar-refractivity contribution in [2.75, 3.05) is 26.2 Å². The van der Waals surface area contributed by atoms with E-state index in [1.54, 1.807) is 0 Å².